The first kappa shape index (κ1) is 12.4. The van der Waals surface area contributed by atoms with Gasteiger partial charge >= 0.3 is 0 Å². The number of hydrogen-bond acceptors (Lipinski definition) is 3. The van der Waals surface area contributed by atoms with Crippen molar-refractivity contribution in [2.24, 2.45) is 0 Å². The molecule has 0 aliphatic heterocycles. The van der Waals surface area contributed by atoms with Gasteiger partial charge in [-0.3, -0.25) is 0 Å². The molecule has 0 aliphatic rings. The van der Waals surface area contributed by atoms with Gasteiger partial charge in [-0.25, -0.2) is 0 Å². The van der Waals surface area contributed by atoms with Crippen molar-refractivity contribution in [3.63, 3.8) is 0 Å². The highest BCUT2D eigenvalue weighted by Gasteiger charge is 2.11. The fourth-order valence-electron chi connectivity index (χ4n) is 1.64. The Morgan fingerprint density at radius 1 is 1.38 bits per heavy atom. The monoisotopic (exact) mass is 218 g/mol. The summed E-state index contributed by atoms with van der Waals surface area (Å²) in [6.45, 7) is 4.26. The molecule has 0 aliphatic carbocycles. The summed E-state index contributed by atoms with van der Waals surface area (Å²) in [5.41, 5.74) is 1.44. The van der Waals surface area contributed by atoms with Crippen molar-refractivity contribution in [2.45, 2.75) is 32.7 Å². The van der Waals surface area contributed by atoms with E-state index in [4.69, 9.17) is 10.00 Å². The second kappa shape index (κ2) is 6.02. The first-order chi connectivity index (χ1) is 7.76. The maximum absolute atomic E-state index is 9.05. The van der Waals surface area contributed by atoms with E-state index in [2.05, 4.69) is 25.2 Å². The Morgan fingerprint density at radius 3 is 2.56 bits per heavy atom. The van der Waals surface area contributed by atoms with Crippen LogP contribution in [0.5, 0.6) is 5.75 Å². The van der Waals surface area contributed by atoms with Gasteiger partial charge in [0.2, 0.25) is 0 Å². The molecule has 3 heteroatoms. The molecule has 0 spiro atoms. The van der Waals surface area contributed by atoms with Crippen molar-refractivity contribution in [1.82, 2.24) is 0 Å². The fraction of sp³-hybridized carbons (Fsp3) is 0.462. The molecule has 86 valence electrons. The zero-order chi connectivity index (χ0) is 12.0. The third-order valence-corrected chi connectivity index (χ3v) is 2.70. The standard InChI is InChI=1S/C13H18N2O/c1-4-11(5-2)15-13-10(9-14)7-6-8-12(13)16-3/h6-8,11,15H,4-5H2,1-3H3. The lowest BCUT2D eigenvalue weighted by molar-refractivity contribution is 0.415. The van der Waals surface area contributed by atoms with Gasteiger partial charge in [-0.1, -0.05) is 19.9 Å². The van der Waals surface area contributed by atoms with Crippen LogP contribution in [0.25, 0.3) is 0 Å². The Balaban J connectivity index is 3.04. The molecular weight excluding hydrogens is 200 g/mol. The molecule has 0 unspecified atom stereocenters. The van der Waals surface area contributed by atoms with Crippen LogP contribution < -0.4 is 10.1 Å². The zero-order valence-electron chi connectivity index (χ0n) is 10.1. The number of para-hydroxylation sites is 1. The summed E-state index contributed by atoms with van der Waals surface area (Å²) in [4.78, 5) is 0. The summed E-state index contributed by atoms with van der Waals surface area (Å²) in [5, 5.41) is 12.4. The van der Waals surface area contributed by atoms with Crippen molar-refractivity contribution in [2.75, 3.05) is 12.4 Å². The van der Waals surface area contributed by atoms with Crippen LogP contribution in [-0.4, -0.2) is 13.2 Å². The molecule has 0 fully saturated rings. The van der Waals surface area contributed by atoms with Gasteiger partial charge in [-0.15, -0.1) is 0 Å². The smallest absolute Gasteiger partial charge is 0.143 e. The van der Waals surface area contributed by atoms with Crippen LogP contribution in [-0.2, 0) is 0 Å². The van der Waals surface area contributed by atoms with Gasteiger partial charge < -0.3 is 10.1 Å². The summed E-state index contributed by atoms with van der Waals surface area (Å²) in [5.74, 6) is 0.728. The van der Waals surface area contributed by atoms with E-state index in [1.54, 1.807) is 13.2 Å². The lowest BCUT2D eigenvalue weighted by Gasteiger charge is -2.19. The van der Waals surface area contributed by atoms with E-state index in [1.807, 2.05) is 12.1 Å². The van der Waals surface area contributed by atoms with E-state index in [0.29, 0.717) is 11.6 Å². The molecule has 1 aromatic carbocycles. The maximum Gasteiger partial charge on any atom is 0.143 e. The molecule has 0 bridgehead atoms. The van der Waals surface area contributed by atoms with E-state index >= 15 is 0 Å². The highest BCUT2D eigenvalue weighted by molar-refractivity contribution is 5.66. The predicted octanol–water partition coefficient (Wildman–Crippen LogP) is 3.17. The van der Waals surface area contributed by atoms with Gasteiger partial charge in [0.15, 0.2) is 0 Å². The minimum Gasteiger partial charge on any atom is -0.495 e. The van der Waals surface area contributed by atoms with Gasteiger partial charge in [-0.05, 0) is 25.0 Å². The number of nitriles is 1. The lowest BCUT2D eigenvalue weighted by atomic mass is 10.1. The van der Waals surface area contributed by atoms with Crippen LogP contribution in [0.4, 0.5) is 5.69 Å². The third-order valence-electron chi connectivity index (χ3n) is 2.70. The van der Waals surface area contributed by atoms with E-state index in [9.17, 15) is 0 Å². The second-order valence-corrected chi connectivity index (χ2v) is 3.65. The molecule has 0 saturated carbocycles. The number of nitrogens with zero attached hydrogens (tertiary/aromatic N) is 1. The maximum atomic E-state index is 9.05. The number of nitrogens with one attached hydrogen (secondary N) is 1. The summed E-state index contributed by atoms with van der Waals surface area (Å²) in [6, 6.07) is 8.05. The Morgan fingerprint density at radius 2 is 2.06 bits per heavy atom. The largest absolute Gasteiger partial charge is 0.495 e. The molecule has 1 N–H and O–H groups in total. The molecule has 0 aromatic heterocycles. The van der Waals surface area contributed by atoms with Crippen LogP contribution in [0.1, 0.15) is 32.3 Å². The van der Waals surface area contributed by atoms with Gasteiger partial charge in [0.1, 0.15) is 11.8 Å². The topological polar surface area (TPSA) is 45.0 Å². The summed E-state index contributed by atoms with van der Waals surface area (Å²) >= 11 is 0. The quantitative estimate of drug-likeness (QED) is 0.825. The number of benzene rings is 1. The highest BCUT2D eigenvalue weighted by Crippen LogP contribution is 2.29. The molecule has 3 nitrogen and oxygen atoms in total. The molecule has 0 atom stereocenters. The summed E-state index contributed by atoms with van der Waals surface area (Å²) in [6.07, 6.45) is 2.05. The first-order valence-corrected chi connectivity index (χ1v) is 5.60. The van der Waals surface area contributed by atoms with Crippen molar-refractivity contribution in [3.8, 4) is 11.8 Å². The Hall–Kier alpha value is -1.69. The van der Waals surface area contributed by atoms with Crippen molar-refractivity contribution in [1.29, 1.82) is 5.26 Å². The van der Waals surface area contributed by atoms with E-state index in [-0.39, 0.29) is 0 Å². The summed E-state index contributed by atoms with van der Waals surface area (Å²) in [7, 11) is 1.62. The number of hydrogen-bond donors (Lipinski definition) is 1. The van der Waals surface area contributed by atoms with Crippen molar-refractivity contribution >= 4 is 5.69 Å². The fourth-order valence-corrected chi connectivity index (χ4v) is 1.64. The molecular formula is C13H18N2O. The van der Waals surface area contributed by atoms with Gasteiger partial charge in [0.05, 0.1) is 18.4 Å². The molecule has 0 saturated heterocycles. The van der Waals surface area contributed by atoms with Crippen molar-refractivity contribution in [3.05, 3.63) is 23.8 Å². The minimum absolute atomic E-state index is 0.378. The van der Waals surface area contributed by atoms with Crippen LogP contribution in [0.3, 0.4) is 0 Å². The van der Waals surface area contributed by atoms with Crippen LogP contribution in [0, 0.1) is 11.3 Å². The first-order valence-electron chi connectivity index (χ1n) is 5.60. The van der Waals surface area contributed by atoms with Gasteiger partial charge in [-0.2, -0.15) is 5.26 Å². The normalized spacial score (nSPS) is 9.94. The Labute approximate surface area is 97.0 Å². The minimum atomic E-state index is 0.378. The molecule has 1 rings (SSSR count). The number of methoxy groups -OCH3 is 1. The molecule has 1 aromatic rings. The predicted molar refractivity (Wildman–Crippen MR) is 65.7 cm³/mol. The average Bonchev–Trinajstić information content (AvgIpc) is 2.35. The third kappa shape index (κ3) is 2.66. The van der Waals surface area contributed by atoms with Gasteiger partial charge in [0.25, 0.3) is 0 Å². The van der Waals surface area contributed by atoms with Crippen molar-refractivity contribution < 1.29 is 4.74 Å². The number of anilines is 1. The van der Waals surface area contributed by atoms with E-state index in [1.165, 1.54) is 0 Å². The molecule has 0 heterocycles. The number of rotatable bonds is 5. The van der Waals surface area contributed by atoms with E-state index in [0.717, 1.165) is 24.3 Å². The Kier molecular flexibility index (Phi) is 4.65. The Bertz CT molecular complexity index is 378. The van der Waals surface area contributed by atoms with Crippen LogP contribution in [0.15, 0.2) is 18.2 Å². The molecule has 0 radical (unpaired) electrons. The molecule has 0 amide bonds. The van der Waals surface area contributed by atoms with Crippen LogP contribution >= 0.6 is 0 Å². The average molecular weight is 218 g/mol. The second-order valence-electron chi connectivity index (χ2n) is 3.65. The van der Waals surface area contributed by atoms with E-state index < -0.39 is 0 Å². The van der Waals surface area contributed by atoms with Crippen LogP contribution in [0.2, 0.25) is 0 Å². The summed E-state index contributed by atoms with van der Waals surface area (Å²) < 4.78 is 5.26. The SMILES string of the molecule is CCC(CC)Nc1c(C#N)cccc1OC. The lowest BCUT2D eigenvalue weighted by Crippen LogP contribution is -2.18. The number of ether oxygens (including phenoxy) is 1. The zero-order valence-corrected chi connectivity index (χ0v) is 10.1. The molecule has 16 heavy (non-hydrogen) atoms. The highest BCUT2D eigenvalue weighted by atomic mass is 16.5. The van der Waals surface area contributed by atoms with Gasteiger partial charge in [0, 0.05) is 6.04 Å².